The first-order valence-electron chi connectivity index (χ1n) is 4.09. The highest BCUT2D eigenvalue weighted by atomic mass is 32.2. The van der Waals surface area contributed by atoms with Gasteiger partial charge in [-0.1, -0.05) is 11.8 Å². The number of hydrogen-bond acceptors (Lipinski definition) is 5. The van der Waals surface area contributed by atoms with Gasteiger partial charge in [-0.05, 0) is 6.92 Å². The Labute approximate surface area is 86.9 Å². The summed E-state index contributed by atoms with van der Waals surface area (Å²) in [6, 6.07) is 0. The number of H-pyrrole nitrogens is 1. The van der Waals surface area contributed by atoms with Crippen LogP contribution in [0.15, 0.2) is 11.5 Å². The summed E-state index contributed by atoms with van der Waals surface area (Å²) in [5.41, 5.74) is 0. The van der Waals surface area contributed by atoms with Crippen LogP contribution in [0, 0.1) is 0 Å². The fourth-order valence-electron chi connectivity index (χ4n) is 0.711. The van der Waals surface area contributed by atoms with Gasteiger partial charge in [-0.15, -0.1) is 0 Å². The van der Waals surface area contributed by atoms with E-state index in [1.54, 1.807) is 6.92 Å². The molecular formula is C6H12N4O2S2. The van der Waals surface area contributed by atoms with Gasteiger partial charge in [-0.25, -0.2) is 18.1 Å². The van der Waals surface area contributed by atoms with Crippen LogP contribution in [0.25, 0.3) is 0 Å². The van der Waals surface area contributed by atoms with Crippen molar-refractivity contribution in [3.8, 4) is 0 Å². The van der Waals surface area contributed by atoms with E-state index in [1.807, 2.05) is 0 Å². The van der Waals surface area contributed by atoms with Crippen molar-refractivity contribution < 1.29 is 8.42 Å². The van der Waals surface area contributed by atoms with Gasteiger partial charge in [-0.2, -0.15) is 5.10 Å². The first kappa shape index (κ1) is 11.5. The molecule has 0 aliphatic rings. The lowest BCUT2D eigenvalue weighted by Gasteiger charge is -2.02. The van der Waals surface area contributed by atoms with Crippen LogP contribution in [-0.4, -0.2) is 41.6 Å². The van der Waals surface area contributed by atoms with E-state index in [9.17, 15) is 8.42 Å². The second-order valence-corrected chi connectivity index (χ2v) is 5.62. The predicted molar refractivity (Wildman–Crippen MR) is 54.6 cm³/mol. The van der Waals surface area contributed by atoms with Crippen LogP contribution in [0.4, 0.5) is 0 Å². The molecule has 0 saturated carbocycles. The van der Waals surface area contributed by atoms with Gasteiger partial charge in [0.2, 0.25) is 10.0 Å². The lowest BCUT2D eigenvalue weighted by atomic mass is 10.8. The van der Waals surface area contributed by atoms with Crippen molar-refractivity contribution >= 4 is 21.8 Å². The molecule has 80 valence electrons. The topological polar surface area (TPSA) is 87.7 Å². The minimum absolute atomic E-state index is 0.111. The van der Waals surface area contributed by atoms with E-state index >= 15 is 0 Å². The Morgan fingerprint density at radius 1 is 1.64 bits per heavy atom. The number of sulfonamides is 1. The molecule has 1 aromatic rings. The van der Waals surface area contributed by atoms with Crippen molar-refractivity contribution in [2.24, 2.45) is 0 Å². The molecule has 14 heavy (non-hydrogen) atoms. The third-order valence-corrected chi connectivity index (χ3v) is 3.72. The monoisotopic (exact) mass is 236 g/mol. The average molecular weight is 236 g/mol. The predicted octanol–water partition coefficient (Wildman–Crippen LogP) is -0.164. The summed E-state index contributed by atoms with van der Waals surface area (Å²) >= 11 is 1.42. The molecule has 1 heterocycles. The maximum atomic E-state index is 11.0. The number of nitrogens with one attached hydrogen (secondary N) is 2. The molecule has 6 nitrogen and oxygen atoms in total. The molecule has 8 heteroatoms. The van der Waals surface area contributed by atoms with Crippen molar-refractivity contribution in [3.63, 3.8) is 0 Å². The second-order valence-electron chi connectivity index (χ2n) is 2.44. The molecule has 0 aliphatic carbocycles. The molecule has 0 fully saturated rings. The molecule has 1 rings (SSSR count). The highest BCUT2D eigenvalue weighted by Gasteiger charge is 2.04. The maximum Gasteiger partial charge on any atom is 0.211 e. The van der Waals surface area contributed by atoms with Gasteiger partial charge >= 0.3 is 0 Å². The Morgan fingerprint density at radius 2 is 2.43 bits per heavy atom. The van der Waals surface area contributed by atoms with Crippen LogP contribution in [0.5, 0.6) is 0 Å². The third-order valence-electron chi connectivity index (χ3n) is 1.44. The largest absolute Gasteiger partial charge is 0.254 e. The van der Waals surface area contributed by atoms with E-state index in [0.717, 1.165) is 0 Å². The fourth-order valence-corrected chi connectivity index (χ4v) is 2.09. The van der Waals surface area contributed by atoms with Gasteiger partial charge in [-0.3, -0.25) is 5.10 Å². The Kier molecular flexibility index (Phi) is 4.36. The number of aromatic nitrogens is 3. The summed E-state index contributed by atoms with van der Waals surface area (Å²) in [5, 5.41) is 7.04. The zero-order chi connectivity index (χ0) is 10.4. The standard InChI is InChI=1S/C6H12N4O2S2/c1-2-14(11,12)9-3-4-13-6-7-5-8-10-6/h5,9H,2-4H2,1H3,(H,7,8,10). The molecule has 0 aliphatic heterocycles. The minimum atomic E-state index is -3.07. The van der Waals surface area contributed by atoms with E-state index in [2.05, 4.69) is 19.9 Å². The number of thioether (sulfide) groups is 1. The Bertz CT molecular complexity index is 348. The van der Waals surface area contributed by atoms with E-state index in [0.29, 0.717) is 17.5 Å². The van der Waals surface area contributed by atoms with Crippen LogP contribution < -0.4 is 4.72 Å². The van der Waals surface area contributed by atoms with Gasteiger partial charge in [0.15, 0.2) is 5.16 Å². The van der Waals surface area contributed by atoms with E-state index < -0.39 is 10.0 Å². The average Bonchev–Trinajstić information content (AvgIpc) is 2.65. The zero-order valence-corrected chi connectivity index (χ0v) is 9.36. The van der Waals surface area contributed by atoms with Crippen LogP contribution in [0.1, 0.15) is 6.92 Å². The molecule has 2 N–H and O–H groups in total. The Morgan fingerprint density at radius 3 is 3.00 bits per heavy atom. The van der Waals surface area contributed by atoms with E-state index in [-0.39, 0.29) is 5.75 Å². The summed E-state index contributed by atoms with van der Waals surface area (Å²) in [6.07, 6.45) is 1.42. The molecule has 0 bridgehead atoms. The first-order chi connectivity index (χ1) is 6.64. The number of nitrogens with zero attached hydrogens (tertiary/aromatic N) is 2. The third kappa shape index (κ3) is 4.07. The normalized spacial score (nSPS) is 11.8. The molecule has 1 aromatic heterocycles. The van der Waals surface area contributed by atoms with Crippen LogP contribution in [0.3, 0.4) is 0 Å². The fraction of sp³-hybridized carbons (Fsp3) is 0.667. The van der Waals surface area contributed by atoms with Crippen molar-refractivity contribution in [3.05, 3.63) is 6.33 Å². The first-order valence-corrected chi connectivity index (χ1v) is 6.73. The van der Waals surface area contributed by atoms with Crippen LogP contribution >= 0.6 is 11.8 Å². The minimum Gasteiger partial charge on any atom is -0.254 e. The molecular weight excluding hydrogens is 224 g/mol. The van der Waals surface area contributed by atoms with E-state index in [1.165, 1.54) is 18.1 Å². The van der Waals surface area contributed by atoms with Gasteiger partial charge < -0.3 is 0 Å². The van der Waals surface area contributed by atoms with Crippen molar-refractivity contribution in [1.29, 1.82) is 0 Å². The van der Waals surface area contributed by atoms with Gasteiger partial charge in [0.1, 0.15) is 6.33 Å². The molecule has 0 saturated heterocycles. The lowest BCUT2D eigenvalue weighted by Crippen LogP contribution is -2.27. The highest BCUT2D eigenvalue weighted by molar-refractivity contribution is 7.99. The Hall–Kier alpha value is -0.600. The maximum absolute atomic E-state index is 11.0. The number of aromatic amines is 1. The molecule has 0 radical (unpaired) electrons. The van der Waals surface area contributed by atoms with Gasteiger partial charge in [0, 0.05) is 12.3 Å². The summed E-state index contributed by atoms with van der Waals surface area (Å²) < 4.78 is 24.5. The number of hydrogen-bond donors (Lipinski definition) is 2. The molecule has 0 aromatic carbocycles. The summed E-state index contributed by atoms with van der Waals surface area (Å²) in [4.78, 5) is 3.89. The zero-order valence-electron chi connectivity index (χ0n) is 7.73. The van der Waals surface area contributed by atoms with Crippen molar-refractivity contribution in [1.82, 2.24) is 19.9 Å². The van der Waals surface area contributed by atoms with Crippen LogP contribution in [-0.2, 0) is 10.0 Å². The Balaban J connectivity index is 2.17. The SMILES string of the molecule is CCS(=O)(=O)NCCSc1ncn[nH]1. The lowest BCUT2D eigenvalue weighted by molar-refractivity contribution is 0.585. The van der Waals surface area contributed by atoms with Crippen LogP contribution in [0.2, 0.25) is 0 Å². The molecule has 0 unspecified atom stereocenters. The van der Waals surface area contributed by atoms with Crippen molar-refractivity contribution in [2.45, 2.75) is 12.1 Å². The van der Waals surface area contributed by atoms with E-state index in [4.69, 9.17) is 0 Å². The smallest absolute Gasteiger partial charge is 0.211 e. The second kappa shape index (κ2) is 5.32. The van der Waals surface area contributed by atoms with Gasteiger partial charge in [0.25, 0.3) is 0 Å². The number of rotatable bonds is 6. The summed E-state index contributed by atoms with van der Waals surface area (Å²) in [7, 11) is -3.07. The van der Waals surface area contributed by atoms with Crippen molar-refractivity contribution in [2.75, 3.05) is 18.1 Å². The summed E-state index contributed by atoms with van der Waals surface area (Å²) in [6.45, 7) is 2.01. The molecule has 0 spiro atoms. The highest BCUT2D eigenvalue weighted by Crippen LogP contribution is 2.08. The molecule has 0 amide bonds. The molecule has 0 atom stereocenters. The summed E-state index contributed by atoms with van der Waals surface area (Å²) in [5.74, 6) is 0.744. The van der Waals surface area contributed by atoms with Gasteiger partial charge in [0.05, 0.1) is 5.75 Å². The quantitative estimate of drug-likeness (QED) is 0.529.